The van der Waals surface area contributed by atoms with Crippen molar-refractivity contribution in [2.24, 2.45) is 5.92 Å². The summed E-state index contributed by atoms with van der Waals surface area (Å²) < 4.78 is 0. The molecule has 0 aromatic carbocycles. The maximum Gasteiger partial charge on any atom is 0.185 e. The van der Waals surface area contributed by atoms with Crippen molar-refractivity contribution in [3.05, 3.63) is 11.1 Å². The van der Waals surface area contributed by atoms with E-state index in [1.807, 2.05) is 5.38 Å². The molecule has 2 rings (SSSR count). The monoisotopic (exact) mass is 212 g/mol. The molecule has 1 saturated heterocycles. The third-order valence-electron chi connectivity index (χ3n) is 2.63. The molecule has 14 heavy (non-hydrogen) atoms. The zero-order chi connectivity index (χ0) is 10.1. The van der Waals surface area contributed by atoms with E-state index in [1.54, 1.807) is 18.3 Å². The van der Waals surface area contributed by atoms with Crippen LogP contribution in [0.1, 0.15) is 32.1 Å². The van der Waals surface area contributed by atoms with Crippen LogP contribution in [-0.4, -0.2) is 23.2 Å². The van der Waals surface area contributed by atoms with E-state index in [1.165, 1.54) is 6.42 Å². The number of hydrogen-bond donors (Lipinski definition) is 1. The van der Waals surface area contributed by atoms with Gasteiger partial charge in [0.25, 0.3) is 0 Å². The van der Waals surface area contributed by atoms with Gasteiger partial charge in [-0.3, -0.25) is 0 Å². The maximum atomic E-state index is 9.36. The van der Waals surface area contributed by atoms with Gasteiger partial charge in [-0.05, 0) is 19.3 Å². The van der Waals surface area contributed by atoms with E-state index in [0.29, 0.717) is 0 Å². The minimum absolute atomic E-state index is 0.444. The van der Waals surface area contributed by atoms with E-state index in [-0.39, 0.29) is 0 Å². The largest absolute Gasteiger partial charge is 0.387 e. The van der Waals surface area contributed by atoms with Crippen LogP contribution in [-0.2, 0) is 0 Å². The second-order valence-corrected chi connectivity index (χ2v) is 4.91. The van der Waals surface area contributed by atoms with Gasteiger partial charge in [-0.15, -0.1) is 11.3 Å². The first-order valence-corrected chi connectivity index (χ1v) is 5.93. The highest BCUT2D eigenvalue weighted by atomic mass is 32.1. The van der Waals surface area contributed by atoms with Gasteiger partial charge in [-0.2, -0.15) is 0 Å². The van der Waals surface area contributed by atoms with Gasteiger partial charge >= 0.3 is 0 Å². The molecule has 0 aliphatic carbocycles. The topological polar surface area (TPSA) is 36.4 Å². The third-order valence-corrected chi connectivity index (χ3v) is 3.55. The molecule has 2 unspecified atom stereocenters. The average molecular weight is 212 g/mol. The van der Waals surface area contributed by atoms with Gasteiger partial charge < -0.3 is 10.0 Å². The van der Waals surface area contributed by atoms with Gasteiger partial charge in [0.15, 0.2) is 5.13 Å². The number of anilines is 1. The Morgan fingerprint density at radius 1 is 1.71 bits per heavy atom. The first kappa shape index (κ1) is 9.93. The smallest absolute Gasteiger partial charge is 0.185 e. The van der Waals surface area contributed by atoms with Crippen molar-refractivity contribution in [1.29, 1.82) is 0 Å². The highest BCUT2D eigenvalue weighted by Crippen LogP contribution is 2.28. The number of thiazole rings is 1. The second-order valence-electron chi connectivity index (χ2n) is 4.07. The molecule has 78 valence electrons. The maximum absolute atomic E-state index is 9.36. The van der Waals surface area contributed by atoms with Gasteiger partial charge in [-0.25, -0.2) is 4.98 Å². The van der Waals surface area contributed by atoms with Crippen molar-refractivity contribution in [3.63, 3.8) is 0 Å². The predicted molar refractivity (Wildman–Crippen MR) is 58.7 cm³/mol. The van der Waals surface area contributed by atoms with Crippen LogP contribution >= 0.6 is 11.3 Å². The Labute approximate surface area is 88.4 Å². The summed E-state index contributed by atoms with van der Waals surface area (Å²) in [6.45, 7) is 6.23. The lowest BCUT2D eigenvalue weighted by molar-refractivity contribution is 0.195. The van der Waals surface area contributed by atoms with Gasteiger partial charge in [0.05, 0.1) is 11.8 Å². The van der Waals surface area contributed by atoms with E-state index in [9.17, 15) is 5.11 Å². The Kier molecular flexibility index (Phi) is 2.74. The number of aliphatic hydroxyl groups excluding tert-OH is 1. The van der Waals surface area contributed by atoms with Crippen molar-refractivity contribution in [3.8, 4) is 0 Å². The van der Waals surface area contributed by atoms with E-state index in [0.717, 1.165) is 29.8 Å². The van der Waals surface area contributed by atoms with Crippen LogP contribution in [0.5, 0.6) is 0 Å². The van der Waals surface area contributed by atoms with Crippen molar-refractivity contribution >= 4 is 16.5 Å². The molecule has 0 radical (unpaired) electrons. The first-order chi connectivity index (χ1) is 6.66. The Balaban J connectivity index is 2.09. The van der Waals surface area contributed by atoms with Gasteiger partial charge in [0, 0.05) is 18.5 Å². The summed E-state index contributed by atoms with van der Waals surface area (Å²) in [6.07, 6.45) is 0.809. The van der Waals surface area contributed by atoms with Gasteiger partial charge in [-0.1, -0.05) is 6.92 Å². The zero-order valence-corrected chi connectivity index (χ0v) is 9.42. The second kappa shape index (κ2) is 3.87. The van der Waals surface area contributed by atoms with Crippen LogP contribution < -0.4 is 4.90 Å². The molecule has 0 spiro atoms. The third kappa shape index (κ3) is 1.91. The van der Waals surface area contributed by atoms with Crippen molar-refractivity contribution < 1.29 is 5.11 Å². The van der Waals surface area contributed by atoms with Crippen LogP contribution in [0.3, 0.4) is 0 Å². The SMILES string of the molecule is CC1CCN(c2nc(C(C)O)cs2)C1. The van der Waals surface area contributed by atoms with Gasteiger partial charge in [0.2, 0.25) is 0 Å². The molecule has 1 aliphatic rings. The highest BCUT2D eigenvalue weighted by molar-refractivity contribution is 7.13. The molecule has 2 heterocycles. The number of aromatic nitrogens is 1. The van der Waals surface area contributed by atoms with Crippen LogP contribution in [0.15, 0.2) is 5.38 Å². The molecule has 2 atom stereocenters. The minimum Gasteiger partial charge on any atom is -0.387 e. The summed E-state index contributed by atoms with van der Waals surface area (Å²) in [7, 11) is 0. The normalized spacial score (nSPS) is 24.2. The number of aliphatic hydroxyl groups is 1. The Morgan fingerprint density at radius 2 is 2.50 bits per heavy atom. The fourth-order valence-electron chi connectivity index (χ4n) is 1.72. The molecule has 3 nitrogen and oxygen atoms in total. The molecule has 1 N–H and O–H groups in total. The summed E-state index contributed by atoms with van der Waals surface area (Å²) in [5.41, 5.74) is 0.796. The van der Waals surface area contributed by atoms with E-state index in [2.05, 4.69) is 16.8 Å². The average Bonchev–Trinajstić information content (AvgIpc) is 2.70. The Bertz CT molecular complexity index is 311. The highest BCUT2D eigenvalue weighted by Gasteiger charge is 2.21. The van der Waals surface area contributed by atoms with E-state index < -0.39 is 6.10 Å². The quantitative estimate of drug-likeness (QED) is 0.815. The summed E-state index contributed by atoms with van der Waals surface area (Å²) in [5.74, 6) is 0.772. The number of rotatable bonds is 2. The molecule has 0 amide bonds. The lowest BCUT2D eigenvalue weighted by atomic mass is 10.2. The van der Waals surface area contributed by atoms with E-state index >= 15 is 0 Å². The summed E-state index contributed by atoms with van der Waals surface area (Å²) in [6, 6.07) is 0. The lowest BCUT2D eigenvalue weighted by Crippen LogP contribution is -2.18. The Morgan fingerprint density at radius 3 is 3.00 bits per heavy atom. The molecule has 4 heteroatoms. The van der Waals surface area contributed by atoms with Crippen molar-refractivity contribution in [1.82, 2.24) is 4.98 Å². The molecule has 1 aliphatic heterocycles. The summed E-state index contributed by atoms with van der Waals surface area (Å²) >= 11 is 1.63. The van der Waals surface area contributed by atoms with Crippen molar-refractivity contribution in [2.45, 2.75) is 26.4 Å². The predicted octanol–water partition coefficient (Wildman–Crippen LogP) is 2.04. The molecular weight excluding hydrogens is 196 g/mol. The molecular formula is C10H16N2OS. The fraction of sp³-hybridized carbons (Fsp3) is 0.700. The molecule has 1 aromatic heterocycles. The molecule has 0 bridgehead atoms. The number of nitrogens with zero attached hydrogens (tertiary/aromatic N) is 2. The minimum atomic E-state index is -0.444. The standard InChI is InChI=1S/C10H16N2OS/c1-7-3-4-12(5-7)10-11-9(6-14-10)8(2)13/h6-8,13H,3-5H2,1-2H3. The van der Waals surface area contributed by atoms with Crippen molar-refractivity contribution in [2.75, 3.05) is 18.0 Å². The number of hydrogen-bond acceptors (Lipinski definition) is 4. The Hall–Kier alpha value is -0.610. The molecule has 1 fully saturated rings. The summed E-state index contributed by atoms with van der Waals surface area (Å²) in [5, 5.41) is 12.4. The van der Waals surface area contributed by atoms with Gasteiger partial charge in [0.1, 0.15) is 0 Å². The first-order valence-electron chi connectivity index (χ1n) is 5.05. The zero-order valence-electron chi connectivity index (χ0n) is 8.60. The molecule has 1 aromatic rings. The summed E-state index contributed by atoms with van der Waals surface area (Å²) in [4.78, 5) is 6.73. The van der Waals surface area contributed by atoms with Crippen LogP contribution in [0, 0.1) is 5.92 Å². The molecule has 0 saturated carbocycles. The van der Waals surface area contributed by atoms with Crippen LogP contribution in [0.2, 0.25) is 0 Å². The van der Waals surface area contributed by atoms with E-state index in [4.69, 9.17) is 0 Å². The lowest BCUT2D eigenvalue weighted by Gasteiger charge is -2.13. The van der Waals surface area contributed by atoms with Crippen LogP contribution in [0.25, 0.3) is 0 Å². The fourth-order valence-corrected chi connectivity index (χ4v) is 2.67. The van der Waals surface area contributed by atoms with Crippen LogP contribution in [0.4, 0.5) is 5.13 Å².